The molecule has 7 nitrogen and oxygen atoms in total. The van der Waals surface area contributed by atoms with E-state index >= 15 is 0 Å². The van der Waals surface area contributed by atoms with Crippen LogP contribution in [-0.4, -0.2) is 37.6 Å². The van der Waals surface area contributed by atoms with Crippen LogP contribution >= 0.6 is 0 Å². The van der Waals surface area contributed by atoms with E-state index in [2.05, 4.69) is 22.0 Å². The summed E-state index contributed by atoms with van der Waals surface area (Å²) in [7, 11) is 0. The van der Waals surface area contributed by atoms with E-state index in [-0.39, 0.29) is 12.1 Å². The van der Waals surface area contributed by atoms with E-state index < -0.39 is 6.10 Å². The largest absolute Gasteiger partial charge is 0.393 e. The van der Waals surface area contributed by atoms with Crippen LogP contribution in [0.1, 0.15) is 49.0 Å². The number of aromatic nitrogens is 3. The summed E-state index contributed by atoms with van der Waals surface area (Å²) in [5.74, 6) is 7.82. The van der Waals surface area contributed by atoms with Gasteiger partial charge in [-0.25, -0.2) is 4.98 Å². The number of rotatable bonds is 5. The molecule has 1 saturated carbocycles. The van der Waals surface area contributed by atoms with E-state index in [4.69, 9.17) is 10.3 Å². The summed E-state index contributed by atoms with van der Waals surface area (Å²) in [6.45, 7) is 1.96. The fraction of sp³-hybridized carbons (Fsp3) is 0.364. The van der Waals surface area contributed by atoms with Crippen molar-refractivity contribution in [3.8, 4) is 23.2 Å². The zero-order valence-corrected chi connectivity index (χ0v) is 16.2. The molecule has 4 N–H and O–H groups in total. The van der Waals surface area contributed by atoms with Gasteiger partial charge in [0.2, 0.25) is 0 Å². The molecule has 7 heteroatoms. The van der Waals surface area contributed by atoms with E-state index in [1.165, 1.54) is 0 Å². The maximum atomic E-state index is 9.91. The van der Waals surface area contributed by atoms with E-state index in [1.807, 2.05) is 34.9 Å². The Kier molecular flexibility index (Phi) is 5.49. The van der Waals surface area contributed by atoms with Crippen LogP contribution in [0.3, 0.4) is 0 Å². The molecule has 2 aromatic heterocycles. The third kappa shape index (κ3) is 4.10. The highest BCUT2D eigenvalue weighted by molar-refractivity contribution is 5.59. The first-order chi connectivity index (χ1) is 14.0. The van der Waals surface area contributed by atoms with Gasteiger partial charge in [0.15, 0.2) is 5.76 Å². The number of benzene rings is 1. The average molecular weight is 392 g/mol. The van der Waals surface area contributed by atoms with Crippen LogP contribution in [0.15, 0.2) is 47.2 Å². The van der Waals surface area contributed by atoms with E-state index in [0.29, 0.717) is 29.7 Å². The highest BCUT2D eigenvalue weighted by atomic mass is 16.5. The first-order valence-corrected chi connectivity index (χ1v) is 9.72. The molecule has 1 fully saturated rings. The van der Waals surface area contributed by atoms with Gasteiger partial charge in [-0.3, -0.25) is 0 Å². The lowest BCUT2D eigenvalue weighted by atomic mass is 9.83. The third-order valence-electron chi connectivity index (χ3n) is 5.20. The number of nitrogens with zero attached hydrogens (tertiary/aromatic N) is 3. The molecule has 0 bridgehead atoms. The van der Waals surface area contributed by atoms with Crippen LogP contribution in [0.2, 0.25) is 0 Å². The number of nitrogens with two attached hydrogens (primary N) is 1. The minimum atomic E-state index is -0.706. The molecule has 29 heavy (non-hydrogen) atoms. The van der Waals surface area contributed by atoms with Crippen molar-refractivity contribution in [3.05, 3.63) is 59.8 Å². The van der Waals surface area contributed by atoms with Gasteiger partial charge in [-0.05, 0) is 44.0 Å². The SMILES string of the molecule is CC(O)c1nccn1C(CN)c1cc(-c2ccc(C#C[C@H]3C[C@@H](O)C3)cc2)on1. The maximum Gasteiger partial charge on any atom is 0.167 e. The van der Waals surface area contributed by atoms with E-state index in [0.717, 1.165) is 24.0 Å². The molecule has 0 spiro atoms. The van der Waals surface area contributed by atoms with Crippen LogP contribution in [0, 0.1) is 17.8 Å². The van der Waals surface area contributed by atoms with Gasteiger partial charge in [0.1, 0.15) is 17.6 Å². The predicted octanol–water partition coefficient (Wildman–Crippen LogP) is 2.26. The summed E-state index contributed by atoms with van der Waals surface area (Å²) < 4.78 is 7.36. The zero-order chi connectivity index (χ0) is 20.4. The van der Waals surface area contributed by atoms with Gasteiger partial charge in [-0.1, -0.05) is 17.0 Å². The lowest BCUT2D eigenvalue weighted by Crippen LogP contribution is -2.26. The van der Waals surface area contributed by atoms with Gasteiger partial charge in [-0.15, -0.1) is 0 Å². The Balaban J connectivity index is 1.51. The second-order valence-electron chi connectivity index (χ2n) is 7.41. The Labute approximate surface area is 169 Å². The van der Waals surface area contributed by atoms with Crippen molar-refractivity contribution in [1.82, 2.24) is 14.7 Å². The summed E-state index contributed by atoms with van der Waals surface area (Å²) in [6, 6.07) is 9.37. The molecule has 4 rings (SSSR count). The minimum absolute atomic E-state index is 0.186. The number of aliphatic hydroxyl groups is 2. The van der Waals surface area contributed by atoms with Crippen molar-refractivity contribution >= 4 is 0 Å². The number of hydrogen-bond donors (Lipinski definition) is 3. The van der Waals surface area contributed by atoms with Crippen LogP contribution in [0.5, 0.6) is 0 Å². The Bertz CT molecular complexity index is 1020. The first kappa shape index (κ1) is 19.4. The molecule has 2 atom stereocenters. The molecule has 1 aliphatic rings. The van der Waals surface area contributed by atoms with Crippen LogP contribution < -0.4 is 5.73 Å². The van der Waals surface area contributed by atoms with E-state index in [1.54, 1.807) is 19.3 Å². The smallest absolute Gasteiger partial charge is 0.167 e. The standard InChI is InChI=1S/C22H24N4O3/c1-14(27)22-24-8-9-26(22)20(13-23)19-12-21(29-25-19)17-6-4-15(5-7-17)2-3-16-10-18(28)11-16/h4-9,12,14,16,18,20,27-28H,10-11,13,23H2,1H3/t14?,16-,18+,20?. The molecule has 1 aromatic carbocycles. The number of imidazole rings is 1. The molecule has 1 aliphatic carbocycles. The van der Waals surface area contributed by atoms with Crippen molar-refractivity contribution in [2.24, 2.45) is 11.7 Å². The van der Waals surface area contributed by atoms with Crippen molar-refractivity contribution in [3.63, 3.8) is 0 Å². The van der Waals surface area contributed by atoms with Gasteiger partial charge in [0.05, 0.1) is 12.1 Å². The molecule has 0 amide bonds. The normalized spacial score (nSPS) is 20.4. The lowest BCUT2D eigenvalue weighted by Gasteiger charge is -2.26. The summed E-state index contributed by atoms with van der Waals surface area (Å²) in [5.41, 5.74) is 8.47. The molecule has 0 aliphatic heterocycles. The molecular formula is C22H24N4O3. The molecule has 0 saturated heterocycles. The average Bonchev–Trinajstić information content (AvgIpc) is 3.36. The van der Waals surface area contributed by atoms with Crippen LogP contribution in [-0.2, 0) is 0 Å². The molecule has 0 radical (unpaired) electrons. The van der Waals surface area contributed by atoms with Crippen molar-refractivity contribution < 1.29 is 14.7 Å². The quantitative estimate of drug-likeness (QED) is 0.575. The van der Waals surface area contributed by atoms with Gasteiger partial charge in [-0.2, -0.15) is 0 Å². The maximum absolute atomic E-state index is 9.91. The predicted molar refractivity (Wildman–Crippen MR) is 108 cm³/mol. The second-order valence-corrected chi connectivity index (χ2v) is 7.41. The monoisotopic (exact) mass is 392 g/mol. The minimum Gasteiger partial charge on any atom is -0.393 e. The molecule has 2 unspecified atom stereocenters. The molecule has 150 valence electrons. The fourth-order valence-electron chi connectivity index (χ4n) is 3.48. The molecule has 2 heterocycles. The van der Waals surface area contributed by atoms with Crippen molar-refractivity contribution in [2.75, 3.05) is 6.54 Å². The Hall–Kier alpha value is -2.92. The first-order valence-electron chi connectivity index (χ1n) is 9.72. The van der Waals surface area contributed by atoms with Crippen LogP contribution in [0.4, 0.5) is 0 Å². The lowest BCUT2D eigenvalue weighted by molar-refractivity contribution is 0.0666. The summed E-state index contributed by atoms with van der Waals surface area (Å²) in [5, 5.41) is 23.4. The van der Waals surface area contributed by atoms with Gasteiger partial charge in [0, 0.05) is 42.0 Å². The van der Waals surface area contributed by atoms with Crippen molar-refractivity contribution in [1.29, 1.82) is 0 Å². The van der Waals surface area contributed by atoms with Crippen molar-refractivity contribution in [2.45, 2.75) is 38.0 Å². The Morgan fingerprint density at radius 2 is 2.07 bits per heavy atom. The van der Waals surface area contributed by atoms with Crippen LogP contribution in [0.25, 0.3) is 11.3 Å². The summed E-state index contributed by atoms with van der Waals surface area (Å²) in [4.78, 5) is 4.20. The van der Waals surface area contributed by atoms with E-state index in [9.17, 15) is 10.2 Å². The second kappa shape index (κ2) is 8.21. The third-order valence-corrected chi connectivity index (χ3v) is 5.20. The van der Waals surface area contributed by atoms with Gasteiger partial charge >= 0.3 is 0 Å². The highest BCUT2D eigenvalue weighted by Crippen LogP contribution is 2.28. The summed E-state index contributed by atoms with van der Waals surface area (Å²) in [6.07, 6.45) is 4.05. The fourth-order valence-corrected chi connectivity index (χ4v) is 3.48. The topological polar surface area (TPSA) is 110 Å². The zero-order valence-electron chi connectivity index (χ0n) is 16.2. The Morgan fingerprint density at radius 3 is 2.72 bits per heavy atom. The number of aliphatic hydroxyl groups excluding tert-OH is 2. The van der Waals surface area contributed by atoms with Gasteiger partial charge in [0.25, 0.3) is 0 Å². The summed E-state index contributed by atoms with van der Waals surface area (Å²) >= 11 is 0. The Morgan fingerprint density at radius 1 is 1.31 bits per heavy atom. The van der Waals surface area contributed by atoms with Gasteiger partial charge < -0.3 is 25.0 Å². The highest BCUT2D eigenvalue weighted by Gasteiger charge is 2.25. The molecular weight excluding hydrogens is 368 g/mol. The number of hydrogen-bond acceptors (Lipinski definition) is 6. The molecule has 3 aromatic rings.